The number of carbonyl (C=O) groups is 1. The predicted molar refractivity (Wildman–Crippen MR) is 50.1 cm³/mol. The minimum atomic E-state index is -0.213. The van der Waals surface area contributed by atoms with Gasteiger partial charge in [0.05, 0.1) is 0 Å². The highest BCUT2D eigenvalue weighted by molar-refractivity contribution is 5.95. The number of nitrogens with zero attached hydrogens (tertiary/aromatic N) is 2. The summed E-state index contributed by atoms with van der Waals surface area (Å²) in [4.78, 5) is 11.6. The van der Waals surface area contributed by atoms with E-state index in [1.54, 1.807) is 24.4 Å². The Bertz CT molecular complexity index is 432. The maximum absolute atomic E-state index is 11.6. The minimum Gasteiger partial charge on any atom is -0.508 e. The van der Waals surface area contributed by atoms with Crippen molar-refractivity contribution in [2.45, 2.75) is 0 Å². The molecule has 1 aromatic carbocycles. The summed E-state index contributed by atoms with van der Waals surface area (Å²) in [5, 5.41) is 12.9. The molecule has 70 valence electrons. The molecule has 0 aliphatic heterocycles. The third kappa shape index (κ3) is 1.50. The molecule has 0 fully saturated rings. The Hall–Kier alpha value is -2.10. The second kappa shape index (κ2) is 3.33. The quantitative estimate of drug-likeness (QED) is 0.733. The van der Waals surface area contributed by atoms with Gasteiger partial charge in [0.1, 0.15) is 5.75 Å². The van der Waals surface area contributed by atoms with Gasteiger partial charge in [-0.2, -0.15) is 5.10 Å². The number of hydrogen-bond acceptors (Lipinski definition) is 3. The number of phenolic OH excluding ortho intramolecular Hbond substituents is 1. The average molecular weight is 188 g/mol. The number of benzene rings is 1. The number of rotatable bonds is 1. The third-order valence-electron chi connectivity index (χ3n) is 1.83. The number of phenols is 1. The van der Waals surface area contributed by atoms with E-state index < -0.39 is 0 Å². The normalized spacial score (nSPS) is 10.0. The summed E-state index contributed by atoms with van der Waals surface area (Å²) < 4.78 is 1.24. The fraction of sp³-hybridized carbons (Fsp3) is 0. The molecule has 0 saturated heterocycles. The van der Waals surface area contributed by atoms with Crippen molar-refractivity contribution < 1.29 is 9.90 Å². The van der Waals surface area contributed by atoms with E-state index in [0.717, 1.165) is 0 Å². The number of aromatic nitrogens is 2. The molecule has 1 heterocycles. The van der Waals surface area contributed by atoms with Crippen LogP contribution in [0.4, 0.5) is 0 Å². The van der Waals surface area contributed by atoms with Crippen LogP contribution in [0.25, 0.3) is 0 Å². The van der Waals surface area contributed by atoms with Crippen LogP contribution in [0.15, 0.2) is 42.7 Å². The van der Waals surface area contributed by atoms with Gasteiger partial charge in [0.15, 0.2) is 0 Å². The Kier molecular flexibility index (Phi) is 2.02. The van der Waals surface area contributed by atoms with Crippen molar-refractivity contribution >= 4 is 5.91 Å². The van der Waals surface area contributed by atoms with Crippen molar-refractivity contribution in [3.63, 3.8) is 0 Å². The van der Waals surface area contributed by atoms with Crippen molar-refractivity contribution in [3.8, 4) is 5.75 Å². The van der Waals surface area contributed by atoms with Crippen LogP contribution in [-0.2, 0) is 0 Å². The zero-order valence-electron chi connectivity index (χ0n) is 7.29. The first kappa shape index (κ1) is 8.50. The van der Waals surface area contributed by atoms with Crippen LogP contribution in [-0.4, -0.2) is 20.8 Å². The van der Waals surface area contributed by atoms with Gasteiger partial charge in [0.25, 0.3) is 5.91 Å². The average Bonchev–Trinajstić information content (AvgIpc) is 2.71. The summed E-state index contributed by atoms with van der Waals surface area (Å²) in [5.74, 6) is -0.0722. The number of aromatic hydroxyl groups is 1. The topological polar surface area (TPSA) is 55.1 Å². The van der Waals surface area contributed by atoms with Gasteiger partial charge in [0.2, 0.25) is 0 Å². The van der Waals surface area contributed by atoms with Crippen molar-refractivity contribution in [3.05, 3.63) is 48.3 Å². The maximum Gasteiger partial charge on any atom is 0.278 e. The molecule has 4 heteroatoms. The molecule has 14 heavy (non-hydrogen) atoms. The van der Waals surface area contributed by atoms with Crippen LogP contribution in [0.2, 0.25) is 0 Å². The lowest BCUT2D eigenvalue weighted by molar-refractivity contribution is 0.0945. The van der Waals surface area contributed by atoms with Crippen LogP contribution >= 0.6 is 0 Å². The monoisotopic (exact) mass is 188 g/mol. The Morgan fingerprint density at radius 1 is 1.29 bits per heavy atom. The standard InChI is InChI=1S/C10H8N2O2/c13-9-4-2-8(3-5-9)10(14)12-7-1-6-11-12/h1-7,13H. The molecule has 0 amide bonds. The first-order chi connectivity index (χ1) is 6.77. The lowest BCUT2D eigenvalue weighted by atomic mass is 10.2. The summed E-state index contributed by atoms with van der Waals surface area (Å²) in [7, 11) is 0. The van der Waals surface area contributed by atoms with Crippen LogP contribution in [0, 0.1) is 0 Å². The van der Waals surface area contributed by atoms with Gasteiger partial charge in [-0.25, -0.2) is 4.68 Å². The second-order valence-electron chi connectivity index (χ2n) is 2.80. The summed E-state index contributed by atoms with van der Waals surface area (Å²) in [6.07, 6.45) is 3.12. The van der Waals surface area contributed by atoms with E-state index in [-0.39, 0.29) is 11.7 Å². The van der Waals surface area contributed by atoms with E-state index in [2.05, 4.69) is 5.10 Å². The van der Waals surface area contributed by atoms with Crippen molar-refractivity contribution in [1.29, 1.82) is 0 Å². The summed E-state index contributed by atoms with van der Waals surface area (Å²) in [6.45, 7) is 0. The summed E-state index contributed by atoms with van der Waals surface area (Å²) in [6, 6.07) is 7.73. The molecule has 0 atom stereocenters. The summed E-state index contributed by atoms with van der Waals surface area (Å²) >= 11 is 0. The van der Waals surface area contributed by atoms with Crippen LogP contribution in [0.3, 0.4) is 0 Å². The van der Waals surface area contributed by atoms with Gasteiger partial charge in [-0.3, -0.25) is 4.79 Å². The lowest BCUT2D eigenvalue weighted by Crippen LogP contribution is -2.11. The van der Waals surface area contributed by atoms with Gasteiger partial charge in [-0.1, -0.05) is 0 Å². The highest BCUT2D eigenvalue weighted by Crippen LogP contribution is 2.10. The fourth-order valence-electron chi connectivity index (χ4n) is 1.13. The van der Waals surface area contributed by atoms with Gasteiger partial charge < -0.3 is 5.11 Å². The molecule has 0 aliphatic rings. The molecule has 4 nitrogen and oxygen atoms in total. The predicted octanol–water partition coefficient (Wildman–Crippen LogP) is 1.28. The number of carbonyl (C=O) groups excluding carboxylic acids is 1. The third-order valence-corrected chi connectivity index (χ3v) is 1.83. The van der Waals surface area contributed by atoms with Crippen LogP contribution in [0.5, 0.6) is 5.75 Å². The Morgan fingerprint density at radius 3 is 2.57 bits per heavy atom. The molecule has 0 radical (unpaired) electrons. The Morgan fingerprint density at radius 2 is 2.00 bits per heavy atom. The Labute approximate surface area is 80.4 Å². The lowest BCUT2D eigenvalue weighted by Gasteiger charge is -1.99. The van der Waals surface area contributed by atoms with E-state index in [9.17, 15) is 4.79 Å². The first-order valence-corrected chi connectivity index (χ1v) is 4.11. The molecule has 1 aromatic heterocycles. The van der Waals surface area contributed by atoms with Crippen molar-refractivity contribution in [2.75, 3.05) is 0 Å². The largest absolute Gasteiger partial charge is 0.508 e. The van der Waals surface area contributed by atoms with Crippen LogP contribution < -0.4 is 0 Å². The zero-order valence-corrected chi connectivity index (χ0v) is 7.29. The molecular formula is C10H8N2O2. The molecule has 2 rings (SSSR count). The molecule has 0 saturated carbocycles. The SMILES string of the molecule is O=C(c1ccc(O)cc1)n1cccn1. The van der Waals surface area contributed by atoms with E-state index in [1.807, 2.05) is 0 Å². The highest BCUT2D eigenvalue weighted by Gasteiger charge is 2.07. The van der Waals surface area contributed by atoms with Gasteiger partial charge in [-0.15, -0.1) is 0 Å². The zero-order chi connectivity index (χ0) is 9.97. The maximum atomic E-state index is 11.6. The minimum absolute atomic E-state index is 0.141. The molecule has 0 spiro atoms. The molecule has 0 aliphatic carbocycles. The second-order valence-corrected chi connectivity index (χ2v) is 2.80. The smallest absolute Gasteiger partial charge is 0.278 e. The first-order valence-electron chi connectivity index (χ1n) is 4.11. The van der Waals surface area contributed by atoms with E-state index in [1.165, 1.54) is 23.0 Å². The van der Waals surface area contributed by atoms with Gasteiger partial charge in [0, 0.05) is 18.0 Å². The van der Waals surface area contributed by atoms with Crippen LogP contribution in [0.1, 0.15) is 10.4 Å². The molecular weight excluding hydrogens is 180 g/mol. The van der Waals surface area contributed by atoms with E-state index in [0.29, 0.717) is 5.56 Å². The highest BCUT2D eigenvalue weighted by atomic mass is 16.3. The molecule has 0 unspecified atom stereocenters. The van der Waals surface area contributed by atoms with Crippen molar-refractivity contribution in [1.82, 2.24) is 9.78 Å². The molecule has 1 N–H and O–H groups in total. The van der Waals surface area contributed by atoms with E-state index in [4.69, 9.17) is 5.11 Å². The summed E-state index contributed by atoms with van der Waals surface area (Å²) in [5.41, 5.74) is 0.492. The van der Waals surface area contributed by atoms with E-state index >= 15 is 0 Å². The number of hydrogen-bond donors (Lipinski definition) is 1. The molecule has 2 aromatic rings. The van der Waals surface area contributed by atoms with Gasteiger partial charge >= 0.3 is 0 Å². The van der Waals surface area contributed by atoms with Crippen molar-refractivity contribution in [2.24, 2.45) is 0 Å². The van der Waals surface area contributed by atoms with Gasteiger partial charge in [-0.05, 0) is 30.3 Å². The fourth-order valence-corrected chi connectivity index (χ4v) is 1.13. The Balaban J connectivity index is 2.33. The molecule has 0 bridgehead atoms.